The number of amides is 1. The molecule has 0 radical (unpaired) electrons. The van der Waals surface area contributed by atoms with Crippen LogP contribution in [0.1, 0.15) is 42.1 Å². The van der Waals surface area contributed by atoms with Crippen molar-refractivity contribution in [2.45, 2.75) is 32.7 Å². The molecule has 0 aliphatic rings. The van der Waals surface area contributed by atoms with Gasteiger partial charge in [0.05, 0.1) is 12.2 Å². The molecule has 1 aromatic heterocycles. The number of aromatic nitrogens is 1. The van der Waals surface area contributed by atoms with Crippen molar-refractivity contribution in [1.82, 2.24) is 10.3 Å². The van der Waals surface area contributed by atoms with Gasteiger partial charge in [0.25, 0.3) is 5.91 Å². The van der Waals surface area contributed by atoms with Gasteiger partial charge in [-0.1, -0.05) is 19.1 Å². The Morgan fingerprint density at radius 3 is 2.92 bits per heavy atom. The average Bonchev–Trinajstić information content (AvgIpc) is 2.65. The second-order valence-corrected chi connectivity index (χ2v) is 5.51. The summed E-state index contributed by atoms with van der Waals surface area (Å²) in [5, 5.41) is 2.64. The smallest absolute Gasteiger partial charge is 0.255 e. The lowest BCUT2D eigenvalue weighted by atomic mass is 10.2. The summed E-state index contributed by atoms with van der Waals surface area (Å²) < 4.78 is 20.0. The third-order valence-electron chi connectivity index (χ3n) is 3.57. The van der Waals surface area contributed by atoms with Crippen LogP contribution in [-0.4, -0.2) is 17.5 Å². The van der Waals surface area contributed by atoms with Gasteiger partial charge in [-0.3, -0.25) is 4.79 Å². The van der Waals surface area contributed by atoms with E-state index in [1.807, 2.05) is 6.92 Å². The van der Waals surface area contributed by atoms with Crippen LogP contribution in [0.15, 0.2) is 36.5 Å². The van der Waals surface area contributed by atoms with Crippen molar-refractivity contribution in [2.75, 3.05) is 12.3 Å². The van der Waals surface area contributed by atoms with Crippen molar-refractivity contribution >= 4 is 11.7 Å². The second kappa shape index (κ2) is 10.0. The van der Waals surface area contributed by atoms with Crippen LogP contribution in [0.2, 0.25) is 0 Å². The average molecular weight is 355 g/mol. The Balaban J connectivity index is 1.92. The van der Waals surface area contributed by atoms with Crippen LogP contribution in [0.5, 0.6) is 5.75 Å². The summed E-state index contributed by atoms with van der Waals surface area (Å²) in [7, 11) is 0. The van der Waals surface area contributed by atoms with Gasteiger partial charge < -0.3 is 15.8 Å². The van der Waals surface area contributed by atoms with Crippen LogP contribution in [0, 0.1) is 17.7 Å². The molecule has 0 aliphatic heterocycles. The normalized spacial score (nSPS) is 9.92. The van der Waals surface area contributed by atoms with Crippen LogP contribution in [-0.2, 0) is 6.54 Å². The quantitative estimate of drug-likeness (QED) is 0.590. The minimum Gasteiger partial charge on any atom is -0.490 e. The summed E-state index contributed by atoms with van der Waals surface area (Å²) in [4.78, 5) is 16.0. The number of nitrogen functional groups attached to an aromatic ring is 1. The Hall–Kier alpha value is -3.07. The third kappa shape index (κ3) is 5.49. The van der Waals surface area contributed by atoms with Crippen LogP contribution < -0.4 is 15.8 Å². The molecule has 3 N–H and O–H groups in total. The van der Waals surface area contributed by atoms with Crippen molar-refractivity contribution in [1.29, 1.82) is 0 Å². The Labute approximate surface area is 152 Å². The summed E-state index contributed by atoms with van der Waals surface area (Å²) >= 11 is 0. The predicted molar refractivity (Wildman–Crippen MR) is 99.0 cm³/mol. The van der Waals surface area contributed by atoms with E-state index in [2.05, 4.69) is 22.1 Å². The Morgan fingerprint density at radius 1 is 1.31 bits per heavy atom. The number of benzene rings is 1. The van der Waals surface area contributed by atoms with Crippen molar-refractivity contribution < 1.29 is 13.9 Å². The molecule has 0 unspecified atom stereocenters. The minimum atomic E-state index is -0.480. The number of halogens is 1. The van der Waals surface area contributed by atoms with Gasteiger partial charge in [0.1, 0.15) is 5.82 Å². The minimum absolute atomic E-state index is 0.0260. The molecule has 6 heteroatoms. The zero-order valence-corrected chi connectivity index (χ0v) is 14.7. The summed E-state index contributed by atoms with van der Waals surface area (Å²) in [6.07, 6.45) is 3.78. The molecule has 0 fully saturated rings. The molecule has 0 saturated carbocycles. The van der Waals surface area contributed by atoms with Gasteiger partial charge in [0.2, 0.25) is 0 Å². The number of ether oxygens (including phenoxy) is 1. The Morgan fingerprint density at radius 2 is 2.15 bits per heavy atom. The lowest BCUT2D eigenvalue weighted by Crippen LogP contribution is -2.24. The largest absolute Gasteiger partial charge is 0.490 e. The van der Waals surface area contributed by atoms with Crippen molar-refractivity contribution in [3.8, 4) is 17.6 Å². The van der Waals surface area contributed by atoms with Crippen LogP contribution in [0.3, 0.4) is 0 Å². The molecule has 5 nitrogen and oxygen atoms in total. The van der Waals surface area contributed by atoms with Gasteiger partial charge in [-0.2, -0.15) is 0 Å². The first-order chi connectivity index (χ1) is 12.6. The van der Waals surface area contributed by atoms with E-state index in [1.54, 1.807) is 30.3 Å². The highest BCUT2D eigenvalue weighted by molar-refractivity contribution is 5.98. The molecule has 1 heterocycles. The van der Waals surface area contributed by atoms with Gasteiger partial charge in [-0.15, -0.1) is 11.8 Å². The molecule has 0 atom stereocenters. The zero-order chi connectivity index (χ0) is 18.8. The molecule has 0 aliphatic carbocycles. The highest BCUT2D eigenvalue weighted by atomic mass is 19.1. The highest BCUT2D eigenvalue weighted by Crippen LogP contribution is 2.21. The number of anilines is 1. The second-order valence-electron chi connectivity index (χ2n) is 5.51. The first kappa shape index (κ1) is 19.3. The monoisotopic (exact) mass is 355 g/mol. The summed E-state index contributed by atoms with van der Waals surface area (Å²) in [6.45, 7) is 2.40. The molecule has 0 bridgehead atoms. The number of hydrogen-bond donors (Lipinski definition) is 2. The summed E-state index contributed by atoms with van der Waals surface area (Å²) in [5.41, 5.74) is 6.26. The number of hydrogen-bond acceptors (Lipinski definition) is 4. The SMILES string of the molecule is CCC#CCCCOc1cccc(CNC(=O)c2cccnc2N)c1F. The van der Waals surface area contributed by atoms with Crippen LogP contribution in [0.25, 0.3) is 0 Å². The fraction of sp³-hybridized carbons (Fsp3) is 0.300. The fourth-order valence-electron chi connectivity index (χ4n) is 2.24. The maximum Gasteiger partial charge on any atom is 0.255 e. The predicted octanol–water partition coefficient (Wildman–Crippen LogP) is 3.31. The number of pyridine rings is 1. The molecule has 26 heavy (non-hydrogen) atoms. The van der Waals surface area contributed by atoms with Crippen LogP contribution >= 0.6 is 0 Å². The number of rotatable bonds is 7. The van der Waals surface area contributed by atoms with E-state index >= 15 is 0 Å². The molecule has 0 saturated heterocycles. The van der Waals surface area contributed by atoms with E-state index in [-0.39, 0.29) is 23.7 Å². The molecule has 136 valence electrons. The molecule has 1 aromatic carbocycles. The topological polar surface area (TPSA) is 77.2 Å². The number of nitrogens with two attached hydrogens (primary N) is 1. The molecular weight excluding hydrogens is 333 g/mol. The number of nitrogens with zero attached hydrogens (tertiary/aromatic N) is 1. The van der Waals surface area contributed by atoms with Crippen molar-refractivity contribution in [2.24, 2.45) is 0 Å². The third-order valence-corrected chi connectivity index (χ3v) is 3.57. The van der Waals surface area contributed by atoms with E-state index in [1.165, 1.54) is 6.20 Å². The van der Waals surface area contributed by atoms with Gasteiger partial charge in [0.15, 0.2) is 11.6 Å². The molecule has 2 aromatic rings. The number of carbonyl (C=O) groups excluding carboxylic acids is 1. The van der Waals surface area contributed by atoms with E-state index in [4.69, 9.17) is 10.5 Å². The lowest BCUT2D eigenvalue weighted by molar-refractivity contribution is 0.0951. The number of carbonyl (C=O) groups is 1. The number of nitrogens with one attached hydrogen (secondary N) is 1. The van der Waals surface area contributed by atoms with Crippen molar-refractivity contribution in [3.63, 3.8) is 0 Å². The van der Waals surface area contributed by atoms with Gasteiger partial charge >= 0.3 is 0 Å². The van der Waals surface area contributed by atoms with E-state index < -0.39 is 11.7 Å². The summed E-state index contributed by atoms with van der Waals surface area (Å²) in [5.74, 6) is 5.41. The zero-order valence-electron chi connectivity index (χ0n) is 14.7. The van der Waals surface area contributed by atoms with E-state index in [0.717, 1.165) is 19.3 Å². The maximum absolute atomic E-state index is 14.5. The standard InChI is InChI=1S/C20H22FN3O2/c1-2-3-4-5-6-13-26-17-11-7-9-15(18(17)21)14-24-20(25)16-10-8-12-23-19(16)22/h7-12H,2,5-6,13-14H2,1H3,(H2,22,23)(H,24,25). The maximum atomic E-state index is 14.5. The molecule has 2 rings (SSSR count). The van der Waals surface area contributed by atoms with Gasteiger partial charge in [-0.25, -0.2) is 9.37 Å². The van der Waals surface area contributed by atoms with Crippen molar-refractivity contribution in [3.05, 3.63) is 53.5 Å². The Bertz CT molecular complexity index is 812. The molecule has 0 spiro atoms. The van der Waals surface area contributed by atoms with Gasteiger partial charge in [0, 0.05) is 31.1 Å². The lowest BCUT2D eigenvalue weighted by Gasteiger charge is -2.11. The fourth-order valence-corrected chi connectivity index (χ4v) is 2.24. The van der Waals surface area contributed by atoms with E-state index in [9.17, 15) is 9.18 Å². The first-order valence-electron chi connectivity index (χ1n) is 8.48. The first-order valence-corrected chi connectivity index (χ1v) is 8.48. The summed E-state index contributed by atoms with van der Waals surface area (Å²) in [6, 6.07) is 8.04. The van der Waals surface area contributed by atoms with Crippen LogP contribution in [0.4, 0.5) is 10.2 Å². The molecule has 1 amide bonds. The van der Waals surface area contributed by atoms with E-state index in [0.29, 0.717) is 12.2 Å². The number of unbranched alkanes of at least 4 members (excludes halogenated alkanes) is 1. The van der Waals surface area contributed by atoms with Gasteiger partial charge in [-0.05, 0) is 24.6 Å². The Kier molecular flexibility index (Phi) is 7.44. The highest BCUT2D eigenvalue weighted by Gasteiger charge is 2.13. The molecular formula is C20H22FN3O2.